The molecule has 0 amide bonds. The van der Waals surface area contributed by atoms with E-state index in [-0.39, 0.29) is 31.8 Å². The second kappa shape index (κ2) is 12.1. The van der Waals surface area contributed by atoms with E-state index in [4.69, 9.17) is 9.79 Å². The second-order valence-electron chi connectivity index (χ2n) is 8.39. The Balaban J connectivity index is 5.02. The van der Waals surface area contributed by atoms with Gasteiger partial charge in [0, 0.05) is 12.6 Å². The van der Waals surface area contributed by atoms with Crippen molar-refractivity contribution in [3.05, 3.63) is 0 Å². The van der Waals surface area contributed by atoms with E-state index >= 15 is 0 Å². The topological polar surface area (TPSA) is 57.5 Å². The number of hydrogen-bond donors (Lipinski definition) is 2. The number of unbranched alkanes of at least 4 members (excludes halogenated alkanes) is 8. The van der Waals surface area contributed by atoms with Gasteiger partial charge in [-0.15, -0.1) is 0 Å². The minimum atomic E-state index is -8.25. The smallest absolute Gasteiger partial charge is 0.324 e. The van der Waals surface area contributed by atoms with Gasteiger partial charge in [0.25, 0.3) is 0 Å². The van der Waals surface area contributed by atoms with E-state index in [9.17, 15) is 70.4 Å². The Morgan fingerprint density at radius 2 is 0.730 bits per heavy atom. The van der Waals surface area contributed by atoms with Gasteiger partial charge in [-0.05, 0) is 12.8 Å². The van der Waals surface area contributed by atoms with Crippen molar-refractivity contribution in [1.29, 1.82) is 0 Å². The molecule has 0 fully saturated rings. The molecule has 19 heteroatoms. The summed E-state index contributed by atoms with van der Waals surface area (Å²) in [5.41, 5.74) is 0. The standard InChI is InChI=1S/C18H24F15O3P/c19-12(20,10-8-6-4-2-1-3-5-7-9-11-37(34,35)36)13(21,22)14(23,24)15(25,26)16(27,28)17(29,30)18(31,32)33/h1-11H2,(H2,34,35,36). The SMILES string of the molecule is O=P(O)(O)CCCCCCCCCCCC(F)(F)C(F)(F)C(F)(F)C(F)(F)C(F)(F)C(F)(F)C(F)(F)F. The predicted molar refractivity (Wildman–Crippen MR) is 98.8 cm³/mol. The molecular formula is C18H24F15O3P. The largest absolute Gasteiger partial charge is 0.460 e. The first-order chi connectivity index (χ1) is 16.2. The molecule has 37 heavy (non-hydrogen) atoms. The summed E-state index contributed by atoms with van der Waals surface area (Å²) in [4.78, 5) is 17.3. The van der Waals surface area contributed by atoms with Crippen molar-refractivity contribution < 1.29 is 80.2 Å². The molecule has 0 aliphatic heterocycles. The summed E-state index contributed by atoms with van der Waals surface area (Å²) in [6, 6.07) is 0. The fourth-order valence-corrected chi connectivity index (χ4v) is 3.69. The lowest BCUT2D eigenvalue weighted by Gasteiger charge is -2.41. The zero-order chi connectivity index (χ0) is 29.8. The molecule has 0 aliphatic rings. The van der Waals surface area contributed by atoms with Crippen LogP contribution in [0.2, 0.25) is 0 Å². The van der Waals surface area contributed by atoms with Crippen LogP contribution < -0.4 is 0 Å². The van der Waals surface area contributed by atoms with Gasteiger partial charge in [0.05, 0.1) is 0 Å². The van der Waals surface area contributed by atoms with Crippen LogP contribution in [-0.2, 0) is 4.57 Å². The van der Waals surface area contributed by atoms with Crippen molar-refractivity contribution in [2.75, 3.05) is 6.16 Å². The lowest BCUT2D eigenvalue weighted by molar-refractivity contribution is -0.452. The van der Waals surface area contributed by atoms with E-state index in [0.29, 0.717) is 25.7 Å². The van der Waals surface area contributed by atoms with Crippen LogP contribution in [0.15, 0.2) is 0 Å². The first kappa shape index (κ1) is 36.1. The number of alkyl halides is 15. The van der Waals surface area contributed by atoms with Crippen LogP contribution in [0.3, 0.4) is 0 Å². The van der Waals surface area contributed by atoms with E-state index in [1.54, 1.807) is 0 Å². The molecule has 0 spiro atoms. The Bertz CT molecular complexity index is 762. The summed E-state index contributed by atoms with van der Waals surface area (Å²) in [6.45, 7) is 0. The Labute approximate surface area is 200 Å². The van der Waals surface area contributed by atoms with Gasteiger partial charge in [-0.3, -0.25) is 4.57 Å². The zero-order valence-electron chi connectivity index (χ0n) is 18.7. The lowest BCUT2D eigenvalue weighted by atomic mass is 9.89. The molecule has 0 heterocycles. The molecule has 0 aromatic rings. The van der Waals surface area contributed by atoms with Crippen molar-refractivity contribution >= 4 is 7.60 Å². The summed E-state index contributed by atoms with van der Waals surface area (Å²) in [7, 11) is -4.13. The highest BCUT2D eigenvalue weighted by Gasteiger charge is 2.93. The summed E-state index contributed by atoms with van der Waals surface area (Å²) < 4.78 is 207. The first-order valence-electron chi connectivity index (χ1n) is 10.6. The highest BCUT2D eigenvalue weighted by atomic mass is 31.2. The minimum absolute atomic E-state index is 0.0343. The van der Waals surface area contributed by atoms with Gasteiger partial charge in [0.15, 0.2) is 0 Å². The summed E-state index contributed by atoms with van der Waals surface area (Å²) >= 11 is 0. The zero-order valence-corrected chi connectivity index (χ0v) is 19.6. The van der Waals surface area contributed by atoms with E-state index in [1.807, 2.05) is 0 Å². The molecule has 3 nitrogen and oxygen atoms in total. The van der Waals surface area contributed by atoms with Crippen molar-refractivity contribution in [2.24, 2.45) is 0 Å². The monoisotopic (exact) mass is 604 g/mol. The molecule has 0 bridgehead atoms. The predicted octanol–water partition coefficient (Wildman–Crippen LogP) is 8.44. The quantitative estimate of drug-likeness (QED) is 0.0996. The van der Waals surface area contributed by atoms with E-state index in [1.165, 1.54) is 0 Å². The Kier molecular flexibility index (Phi) is 11.8. The van der Waals surface area contributed by atoms with Crippen molar-refractivity contribution in [1.82, 2.24) is 0 Å². The van der Waals surface area contributed by atoms with Gasteiger partial charge in [0.2, 0.25) is 0 Å². The Morgan fingerprint density at radius 3 is 1.08 bits per heavy atom. The average molecular weight is 604 g/mol. The molecule has 224 valence electrons. The van der Waals surface area contributed by atoms with Crippen LogP contribution in [0.1, 0.15) is 64.2 Å². The molecule has 0 saturated carbocycles. The maximum Gasteiger partial charge on any atom is 0.460 e. The van der Waals surface area contributed by atoms with Crippen molar-refractivity contribution in [3.63, 3.8) is 0 Å². The fraction of sp³-hybridized carbons (Fsp3) is 1.00. The molecule has 0 saturated heterocycles. The Morgan fingerprint density at radius 1 is 0.432 bits per heavy atom. The maximum atomic E-state index is 13.7. The van der Waals surface area contributed by atoms with Crippen LogP contribution in [0, 0.1) is 0 Å². The highest BCUT2D eigenvalue weighted by molar-refractivity contribution is 7.51. The highest BCUT2D eigenvalue weighted by Crippen LogP contribution is 2.62. The molecular weight excluding hydrogens is 580 g/mol. The van der Waals surface area contributed by atoms with Crippen molar-refractivity contribution in [3.8, 4) is 0 Å². The van der Waals surface area contributed by atoms with Gasteiger partial charge in [-0.1, -0.05) is 44.9 Å². The second-order valence-corrected chi connectivity index (χ2v) is 10.2. The molecule has 0 radical (unpaired) electrons. The van der Waals surface area contributed by atoms with Crippen LogP contribution >= 0.6 is 7.60 Å². The molecule has 0 aromatic carbocycles. The summed E-state index contributed by atoms with van der Waals surface area (Å²) in [6.07, 6.45) is -9.13. The Hall–Kier alpha value is -0.900. The van der Waals surface area contributed by atoms with Gasteiger partial charge < -0.3 is 9.79 Å². The normalized spacial score (nSPS) is 15.4. The molecule has 0 aromatic heterocycles. The van der Waals surface area contributed by atoms with Gasteiger partial charge in [0.1, 0.15) is 0 Å². The summed E-state index contributed by atoms with van der Waals surface area (Å²) in [5.74, 6) is -46.1. The van der Waals surface area contributed by atoms with Gasteiger partial charge >= 0.3 is 49.3 Å². The molecule has 2 N–H and O–H groups in total. The maximum absolute atomic E-state index is 13.7. The minimum Gasteiger partial charge on any atom is -0.324 e. The van der Waals surface area contributed by atoms with Crippen LogP contribution in [0.25, 0.3) is 0 Å². The fourth-order valence-electron chi connectivity index (χ4n) is 3.06. The third-order valence-electron chi connectivity index (χ3n) is 5.33. The van der Waals surface area contributed by atoms with E-state index in [2.05, 4.69) is 0 Å². The third-order valence-corrected chi connectivity index (χ3v) is 6.23. The molecule has 0 atom stereocenters. The summed E-state index contributed by atoms with van der Waals surface area (Å²) in [5, 5.41) is 0. The third kappa shape index (κ3) is 8.05. The van der Waals surface area contributed by atoms with Crippen LogP contribution in [0.4, 0.5) is 65.9 Å². The van der Waals surface area contributed by atoms with Crippen molar-refractivity contribution in [2.45, 2.75) is 106 Å². The number of hydrogen-bond acceptors (Lipinski definition) is 1. The first-order valence-corrected chi connectivity index (χ1v) is 12.4. The molecule has 0 rings (SSSR count). The van der Waals surface area contributed by atoms with Crippen LogP contribution in [-0.4, -0.2) is 57.7 Å². The molecule has 0 aliphatic carbocycles. The van der Waals surface area contributed by atoms with Gasteiger partial charge in [-0.25, -0.2) is 0 Å². The number of rotatable bonds is 17. The molecule has 0 unspecified atom stereocenters. The average Bonchev–Trinajstić information content (AvgIpc) is 2.69. The van der Waals surface area contributed by atoms with E-state index in [0.717, 1.165) is 0 Å². The van der Waals surface area contributed by atoms with E-state index < -0.39 is 62.1 Å². The van der Waals surface area contributed by atoms with Gasteiger partial charge in [-0.2, -0.15) is 65.9 Å². The van der Waals surface area contributed by atoms with Crippen LogP contribution in [0.5, 0.6) is 0 Å². The lowest BCUT2D eigenvalue weighted by Crippen LogP contribution is -2.72. The number of halogens is 15.